The number of hydrogen-bond acceptors (Lipinski definition) is 6. The number of hydroxylamine groups is 1. The number of amidine groups is 1. The quantitative estimate of drug-likeness (QED) is 0.488. The van der Waals surface area contributed by atoms with E-state index in [4.69, 9.17) is 33.1 Å². The van der Waals surface area contributed by atoms with Gasteiger partial charge in [0.1, 0.15) is 5.69 Å². The fraction of sp³-hybridized carbons (Fsp3) is 0.211. The predicted molar refractivity (Wildman–Crippen MR) is 109 cm³/mol. The maximum Gasteiger partial charge on any atom is 0.417 e. The van der Waals surface area contributed by atoms with Gasteiger partial charge in [-0.3, -0.25) is 4.79 Å². The number of halogens is 5. The maximum absolute atomic E-state index is 13.0. The molecule has 0 spiro atoms. The molecule has 1 unspecified atom stereocenters. The lowest BCUT2D eigenvalue weighted by Crippen LogP contribution is -2.22. The second kappa shape index (κ2) is 8.58. The van der Waals surface area contributed by atoms with Crippen LogP contribution in [0.15, 0.2) is 41.7 Å². The van der Waals surface area contributed by atoms with Crippen LogP contribution in [-0.2, 0) is 22.4 Å². The van der Waals surface area contributed by atoms with Crippen molar-refractivity contribution in [3.63, 3.8) is 0 Å². The Labute approximate surface area is 188 Å². The molecule has 3 aromatic rings. The number of benzene rings is 1. The van der Waals surface area contributed by atoms with Gasteiger partial charge in [-0.15, -0.1) is 0 Å². The number of carboxylic acid groups (broad SMARTS) is 1. The van der Waals surface area contributed by atoms with Crippen molar-refractivity contribution >= 4 is 40.7 Å². The van der Waals surface area contributed by atoms with Gasteiger partial charge in [0.05, 0.1) is 22.2 Å². The average Bonchev–Trinajstić information content (AvgIpc) is 3.34. The van der Waals surface area contributed by atoms with Crippen LogP contribution in [0.4, 0.5) is 13.2 Å². The number of carboxylic acids is 1. The van der Waals surface area contributed by atoms with Crippen molar-refractivity contribution in [2.24, 2.45) is 4.99 Å². The molecule has 0 radical (unpaired) electrons. The van der Waals surface area contributed by atoms with E-state index in [0.29, 0.717) is 23.0 Å². The molecule has 0 aliphatic carbocycles. The number of aliphatic imine (C=N–C) groups is 1. The Kier molecular flexibility index (Phi) is 5.99. The van der Waals surface area contributed by atoms with Crippen LogP contribution < -0.4 is 10.8 Å². The number of hydrogen-bond donors (Lipinski definition) is 3. The van der Waals surface area contributed by atoms with Crippen LogP contribution in [0.1, 0.15) is 28.6 Å². The third-order valence-corrected chi connectivity index (χ3v) is 5.10. The molecule has 2 aromatic heterocycles. The summed E-state index contributed by atoms with van der Waals surface area (Å²) < 4.78 is 40.2. The van der Waals surface area contributed by atoms with Crippen molar-refractivity contribution in [3.05, 3.63) is 69.1 Å². The molecule has 13 heteroatoms. The summed E-state index contributed by atoms with van der Waals surface area (Å²) in [5.74, 6) is -0.660. The van der Waals surface area contributed by atoms with Crippen LogP contribution >= 0.6 is 23.2 Å². The van der Waals surface area contributed by atoms with Gasteiger partial charge in [0.15, 0.2) is 11.5 Å². The van der Waals surface area contributed by atoms with Gasteiger partial charge in [0.2, 0.25) is 6.23 Å². The largest absolute Gasteiger partial charge is 0.480 e. The van der Waals surface area contributed by atoms with E-state index in [1.807, 2.05) is 0 Å². The first-order valence-corrected chi connectivity index (χ1v) is 9.83. The van der Waals surface area contributed by atoms with E-state index < -0.39 is 23.9 Å². The molecule has 32 heavy (non-hydrogen) atoms. The maximum atomic E-state index is 13.0. The van der Waals surface area contributed by atoms with Crippen molar-refractivity contribution in [2.75, 3.05) is 6.54 Å². The highest BCUT2D eigenvalue weighted by molar-refractivity contribution is 6.34. The minimum absolute atomic E-state index is 0.137. The highest BCUT2D eigenvalue weighted by Gasteiger charge is 2.32. The Bertz CT molecular complexity index is 1230. The lowest BCUT2D eigenvalue weighted by Gasteiger charge is -2.07. The van der Waals surface area contributed by atoms with Crippen LogP contribution in [0.2, 0.25) is 10.0 Å². The molecule has 168 valence electrons. The van der Waals surface area contributed by atoms with E-state index in [0.717, 1.165) is 17.8 Å². The number of fused-ring (bicyclic) bond motifs is 1. The first-order valence-electron chi connectivity index (χ1n) is 9.08. The minimum atomic E-state index is -4.55. The zero-order valence-corrected chi connectivity index (χ0v) is 17.5. The molecule has 4 rings (SSSR count). The molecule has 1 aliphatic heterocycles. The number of carbonyl (C=O) groups is 1. The van der Waals surface area contributed by atoms with Gasteiger partial charge >= 0.3 is 12.1 Å². The normalized spacial score (nSPS) is 16.3. The van der Waals surface area contributed by atoms with Crippen molar-refractivity contribution in [2.45, 2.75) is 18.9 Å². The Morgan fingerprint density at radius 1 is 1.25 bits per heavy atom. The Morgan fingerprint density at radius 2 is 2.03 bits per heavy atom. The van der Waals surface area contributed by atoms with Gasteiger partial charge in [-0.2, -0.15) is 13.2 Å². The fourth-order valence-corrected chi connectivity index (χ4v) is 3.61. The van der Waals surface area contributed by atoms with Gasteiger partial charge < -0.3 is 14.8 Å². The summed E-state index contributed by atoms with van der Waals surface area (Å²) in [6.07, 6.45) is -3.24. The topological polar surface area (TPSA) is 100 Å². The monoisotopic (exact) mass is 487 g/mol. The zero-order chi connectivity index (χ0) is 23.0. The highest BCUT2D eigenvalue weighted by atomic mass is 35.5. The highest BCUT2D eigenvalue weighted by Crippen LogP contribution is 2.33. The van der Waals surface area contributed by atoms with Gasteiger partial charge in [-0.1, -0.05) is 29.3 Å². The summed E-state index contributed by atoms with van der Waals surface area (Å²) in [7, 11) is 0. The summed E-state index contributed by atoms with van der Waals surface area (Å²) in [6.45, 7) is 0.129. The van der Waals surface area contributed by atoms with E-state index in [1.54, 1.807) is 18.2 Å². The molecule has 0 saturated carbocycles. The molecular weight excluding hydrogens is 474 g/mol. The van der Waals surface area contributed by atoms with Crippen LogP contribution in [-0.4, -0.2) is 32.8 Å². The number of alkyl halides is 3. The number of aliphatic carboxylic acids is 1. The average molecular weight is 488 g/mol. The number of rotatable bonds is 6. The van der Waals surface area contributed by atoms with E-state index in [1.165, 1.54) is 10.6 Å². The van der Waals surface area contributed by atoms with Crippen molar-refractivity contribution in [3.8, 4) is 0 Å². The van der Waals surface area contributed by atoms with E-state index in [9.17, 15) is 18.0 Å². The SMILES string of the molecule is O=C(O)CNCc1ccc(C2=NC(c3cn4cc(C(F)(F)F)cc(Cl)c4n3)ON2)c(Cl)c1. The molecule has 0 saturated heterocycles. The molecule has 0 bridgehead atoms. The summed E-state index contributed by atoms with van der Waals surface area (Å²) in [6, 6.07) is 5.90. The summed E-state index contributed by atoms with van der Waals surface area (Å²) in [4.78, 5) is 24.6. The van der Waals surface area contributed by atoms with Crippen molar-refractivity contribution in [1.29, 1.82) is 0 Å². The molecular formula is C19H14Cl2F3N5O3. The third kappa shape index (κ3) is 4.65. The third-order valence-electron chi connectivity index (χ3n) is 4.51. The van der Waals surface area contributed by atoms with E-state index >= 15 is 0 Å². The number of nitrogens with one attached hydrogen (secondary N) is 2. The van der Waals surface area contributed by atoms with Crippen LogP contribution in [0.5, 0.6) is 0 Å². The molecule has 3 N–H and O–H groups in total. The van der Waals surface area contributed by atoms with E-state index in [2.05, 4.69) is 20.8 Å². The van der Waals surface area contributed by atoms with Crippen molar-refractivity contribution in [1.82, 2.24) is 20.2 Å². The Balaban J connectivity index is 1.56. The van der Waals surface area contributed by atoms with E-state index in [-0.39, 0.29) is 22.9 Å². The van der Waals surface area contributed by atoms with Gasteiger partial charge in [0, 0.05) is 24.5 Å². The van der Waals surface area contributed by atoms with Crippen molar-refractivity contribution < 1.29 is 27.9 Å². The molecule has 0 amide bonds. The van der Waals surface area contributed by atoms with Crippen LogP contribution in [0, 0.1) is 0 Å². The predicted octanol–water partition coefficient (Wildman–Crippen LogP) is 3.81. The van der Waals surface area contributed by atoms with Gasteiger partial charge in [-0.05, 0) is 23.8 Å². The Hall–Kier alpha value is -2.86. The van der Waals surface area contributed by atoms with Crippen LogP contribution in [0.25, 0.3) is 5.65 Å². The number of imidazole rings is 1. The fourth-order valence-electron chi connectivity index (χ4n) is 3.06. The molecule has 0 fully saturated rings. The summed E-state index contributed by atoms with van der Waals surface area (Å²) in [5, 5.41) is 11.6. The van der Waals surface area contributed by atoms with Crippen LogP contribution in [0.3, 0.4) is 0 Å². The van der Waals surface area contributed by atoms with Gasteiger partial charge in [0.25, 0.3) is 0 Å². The first kappa shape index (κ1) is 22.3. The molecule has 3 heterocycles. The zero-order valence-electron chi connectivity index (χ0n) is 16.0. The molecule has 1 aliphatic rings. The number of pyridine rings is 1. The molecule has 1 aromatic carbocycles. The van der Waals surface area contributed by atoms with Gasteiger partial charge in [-0.25, -0.2) is 20.3 Å². The summed E-state index contributed by atoms with van der Waals surface area (Å²) >= 11 is 12.3. The molecule has 8 nitrogen and oxygen atoms in total. The lowest BCUT2D eigenvalue weighted by molar-refractivity contribution is -0.138. The summed E-state index contributed by atoms with van der Waals surface area (Å²) in [5.41, 5.74) is 3.42. The minimum Gasteiger partial charge on any atom is -0.480 e. The standard InChI is InChI=1S/C19H14Cl2F3N5O3/c20-12-3-9(5-25-6-15(30)31)1-2-11(12)16-27-18(32-28-16)14-8-29-7-10(19(22,23)24)4-13(21)17(29)26-14/h1-4,7-8,18,25H,5-6H2,(H,27,28)(H,30,31). The lowest BCUT2D eigenvalue weighted by atomic mass is 10.1. The molecule has 1 atom stereocenters. The number of nitrogens with zero attached hydrogens (tertiary/aromatic N) is 3. The smallest absolute Gasteiger partial charge is 0.417 e. The number of aromatic nitrogens is 2. The second-order valence-electron chi connectivity index (χ2n) is 6.83. The Morgan fingerprint density at radius 3 is 2.72 bits per heavy atom. The first-order chi connectivity index (χ1) is 15.1. The second-order valence-corrected chi connectivity index (χ2v) is 7.65.